The summed E-state index contributed by atoms with van der Waals surface area (Å²) in [6.07, 6.45) is 3.92. The minimum absolute atomic E-state index is 0.837. The van der Waals surface area contributed by atoms with Crippen molar-refractivity contribution in [1.29, 1.82) is 0 Å². The van der Waals surface area contributed by atoms with Crippen LogP contribution in [0.5, 0.6) is 5.75 Å². The fourth-order valence-corrected chi connectivity index (χ4v) is 2.44. The van der Waals surface area contributed by atoms with Crippen molar-refractivity contribution in [2.24, 2.45) is 4.99 Å². The molecule has 0 aliphatic rings. The Morgan fingerprint density at radius 1 is 1.16 bits per heavy atom. The third kappa shape index (κ3) is 3.38. The molecule has 0 radical (unpaired) electrons. The molecule has 0 amide bonds. The normalized spacial score (nSPS) is 10.9. The van der Waals surface area contributed by atoms with E-state index in [4.69, 9.17) is 4.74 Å². The van der Waals surface area contributed by atoms with Gasteiger partial charge in [0.25, 0.3) is 0 Å². The van der Waals surface area contributed by atoms with E-state index in [1.54, 1.807) is 18.9 Å². The van der Waals surface area contributed by atoms with E-state index >= 15 is 0 Å². The van der Waals surface area contributed by atoms with Crippen molar-refractivity contribution in [3.63, 3.8) is 0 Å². The molecule has 0 aliphatic heterocycles. The molecule has 0 bridgehead atoms. The van der Waals surface area contributed by atoms with Crippen molar-refractivity contribution >= 4 is 23.7 Å². The highest BCUT2D eigenvalue weighted by Crippen LogP contribution is 2.29. The molecule has 2 nitrogen and oxygen atoms in total. The van der Waals surface area contributed by atoms with E-state index in [0.717, 1.165) is 17.0 Å². The van der Waals surface area contributed by atoms with E-state index in [2.05, 4.69) is 30.3 Å². The third-order valence-corrected chi connectivity index (χ3v) is 3.58. The van der Waals surface area contributed by atoms with Crippen LogP contribution in [0.15, 0.2) is 52.4 Å². The van der Waals surface area contributed by atoms with Gasteiger partial charge in [0.05, 0.1) is 12.8 Å². The number of aliphatic imine (C=N–C) groups is 1. The highest BCUT2D eigenvalue weighted by molar-refractivity contribution is 7.98. The smallest absolute Gasteiger partial charge is 0.127 e. The third-order valence-electron chi connectivity index (χ3n) is 2.82. The van der Waals surface area contributed by atoms with Crippen molar-refractivity contribution in [1.82, 2.24) is 0 Å². The van der Waals surface area contributed by atoms with Crippen LogP contribution < -0.4 is 4.74 Å². The standard InChI is InChI=1S/C16H17NOS/c1-12-8-9-14(16(10-12)19-3)17-11-13-6-4-5-7-15(13)18-2/h4-11H,1-3H3. The molecule has 2 aromatic carbocycles. The summed E-state index contributed by atoms with van der Waals surface area (Å²) in [4.78, 5) is 5.76. The Labute approximate surface area is 118 Å². The molecule has 0 atom stereocenters. The summed E-state index contributed by atoms with van der Waals surface area (Å²) >= 11 is 1.71. The Hall–Kier alpha value is -1.74. The van der Waals surface area contributed by atoms with Crippen LogP contribution in [0, 0.1) is 6.92 Å². The van der Waals surface area contributed by atoms with Crippen LogP contribution in [-0.4, -0.2) is 19.6 Å². The Kier molecular flexibility index (Phi) is 4.63. The highest BCUT2D eigenvalue weighted by Gasteiger charge is 2.01. The number of rotatable bonds is 4. The summed E-state index contributed by atoms with van der Waals surface area (Å²) in [7, 11) is 1.67. The molecule has 0 saturated carbocycles. The number of methoxy groups -OCH3 is 1. The van der Waals surface area contributed by atoms with Crippen molar-refractivity contribution in [3.8, 4) is 5.75 Å². The van der Waals surface area contributed by atoms with Crippen LogP contribution in [0.3, 0.4) is 0 Å². The van der Waals surface area contributed by atoms with E-state index in [9.17, 15) is 0 Å². The zero-order chi connectivity index (χ0) is 13.7. The number of ether oxygens (including phenoxy) is 1. The van der Waals surface area contributed by atoms with Gasteiger partial charge < -0.3 is 4.74 Å². The molecule has 0 saturated heterocycles. The van der Waals surface area contributed by atoms with Gasteiger partial charge in [0.15, 0.2) is 0 Å². The minimum Gasteiger partial charge on any atom is -0.496 e. The van der Waals surface area contributed by atoms with Crippen molar-refractivity contribution in [3.05, 3.63) is 53.6 Å². The second kappa shape index (κ2) is 6.43. The molecule has 3 heteroatoms. The minimum atomic E-state index is 0.837. The van der Waals surface area contributed by atoms with Crippen LogP contribution in [-0.2, 0) is 0 Å². The molecule has 2 aromatic rings. The summed E-state index contributed by atoms with van der Waals surface area (Å²) in [5, 5.41) is 0. The maximum Gasteiger partial charge on any atom is 0.127 e. The van der Waals surface area contributed by atoms with E-state index in [-0.39, 0.29) is 0 Å². The van der Waals surface area contributed by atoms with Gasteiger partial charge in [-0.1, -0.05) is 18.2 Å². The number of para-hydroxylation sites is 1. The van der Waals surface area contributed by atoms with Crippen molar-refractivity contribution in [2.75, 3.05) is 13.4 Å². The molecule has 0 aromatic heterocycles. The van der Waals surface area contributed by atoms with E-state index in [1.165, 1.54) is 10.5 Å². The summed E-state index contributed by atoms with van der Waals surface area (Å²) in [5.41, 5.74) is 3.22. The van der Waals surface area contributed by atoms with E-state index < -0.39 is 0 Å². The average Bonchev–Trinajstić information content (AvgIpc) is 2.46. The summed E-state index contributed by atoms with van der Waals surface area (Å²) in [6.45, 7) is 2.09. The largest absolute Gasteiger partial charge is 0.496 e. The zero-order valence-electron chi connectivity index (χ0n) is 11.4. The van der Waals surface area contributed by atoms with E-state index in [1.807, 2.05) is 36.5 Å². The van der Waals surface area contributed by atoms with Gasteiger partial charge in [0.1, 0.15) is 5.75 Å². The lowest BCUT2D eigenvalue weighted by Crippen LogP contribution is -1.89. The first-order valence-electron chi connectivity index (χ1n) is 6.06. The molecule has 0 N–H and O–H groups in total. The predicted molar refractivity (Wildman–Crippen MR) is 83.2 cm³/mol. The van der Waals surface area contributed by atoms with E-state index in [0.29, 0.717) is 0 Å². The maximum atomic E-state index is 5.31. The lowest BCUT2D eigenvalue weighted by molar-refractivity contribution is 0.414. The first kappa shape index (κ1) is 13.7. The fraction of sp³-hybridized carbons (Fsp3) is 0.188. The Morgan fingerprint density at radius 2 is 1.95 bits per heavy atom. The molecule has 0 unspecified atom stereocenters. The molecule has 98 valence electrons. The van der Waals surface area contributed by atoms with Gasteiger partial charge in [-0.2, -0.15) is 0 Å². The van der Waals surface area contributed by atoms with Crippen LogP contribution in [0.2, 0.25) is 0 Å². The molecule has 0 heterocycles. The average molecular weight is 271 g/mol. The number of benzene rings is 2. The second-order valence-electron chi connectivity index (χ2n) is 4.18. The first-order chi connectivity index (χ1) is 9.24. The maximum absolute atomic E-state index is 5.31. The van der Waals surface area contributed by atoms with Crippen molar-refractivity contribution in [2.45, 2.75) is 11.8 Å². The first-order valence-corrected chi connectivity index (χ1v) is 7.29. The molecule has 0 spiro atoms. The van der Waals surface area contributed by atoms with Crippen LogP contribution in [0.25, 0.3) is 0 Å². The molecular formula is C16H17NOS. The lowest BCUT2D eigenvalue weighted by Gasteiger charge is -2.05. The molecule has 19 heavy (non-hydrogen) atoms. The van der Waals surface area contributed by atoms with Gasteiger partial charge in [0, 0.05) is 16.7 Å². The quantitative estimate of drug-likeness (QED) is 0.604. The predicted octanol–water partition coefficient (Wildman–Crippen LogP) is 4.48. The van der Waals surface area contributed by atoms with Gasteiger partial charge in [-0.3, -0.25) is 4.99 Å². The molecule has 0 aliphatic carbocycles. The second-order valence-corrected chi connectivity index (χ2v) is 5.02. The van der Waals surface area contributed by atoms with Crippen LogP contribution in [0.1, 0.15) is 11.1 Å². The van der Waals surface area contributed by atoms with Gasteiger partial charge in [-0.25, -0.2) is 0 Å². The van der Waals surface area contributed by atoms with Crippen LogP contribution in [0.4, 0.5) is 5.69 Å². The van der Waals surface area contributed by atoms with Gasteiger partial charge in [-0.15, -0.1) is 11.8 Å². The number of hydrogen-bond acceptors (Lipinski definition) is 3. The van der Waals surface area contributed by atoms with Crippen LogP contribution >= 0.6 is 11.8 Å². The number of nitrogens with zero attached hydrogens (tertiary/aromatic N) is 1. The SMILES string of the molecule is COc1ccccc1C=Nc1ccc(C)cc1SC. The monoisotopic (exact) mass is 271 g/mol. The summed E-state index contributed by atoms with van der Waals surface area (Å²) in [6, 6.07) is 14.1. The van der Waals surface area contributed by atoms with Gasteiger partial charge >= 0.3 is 0 Å². The highest BCUT2D eigenvalue weighted by atomic mass is 32.2. The topological polar surface area (TPSA) is 21.6 Å². The van der Waals surface area contributed by atoms with Crippen molar-refractivity contribution < 1.29 is 4.74 Å². The number of aryl methyl sites for hydroxylation is 1. The van der Waals surface area contributed by atoms with Gasteiger partial charge in [-0.05, 0) is 43.0 Å². The lowest BCUT2D eigenvalue weighted by atomic mass is 10.2. The van der Waals surface area contributed by atoms with Gasteiger partial charge in [0.2, 0.25) is 0 Å². The number of thioether (sulfide) groups is 1. The number of hydrogen-bond donors (Lipinski definition) is 0. The Bertz CT molecular complexity index is 593. The fourth-order valence-electron chi connectivity index (χ4n) is 1.80. The summed E-state index contributed by atoms with van der Waals surface area (Å²) in [5.74, 6) is 0.837. The molecule has 2 rings (SSSR count). The molecule has 0 fully saturated rings. The molecular weight excluding hydrogens is 254 g/mol. The Morgan fingerprint density at radius 3 is 2.68 bits per heavy atom. The Balaban J connectivity index is 2.32. The summed E-state index contributed by atoms with van der Waals surface area (Å²) < 4.78 is 5.31. The zero-order valence-corrected chi connectivity index (χ0v) is 12.2.